The van der Waals surface area contributed by atoms with Gasteiger partial charge in [-0.05, 0) is 49.4 Å². The van der Waals surface area contributed by atoms with Gasteiger partial charge in [-0.3, -0.25) is 0 Å². The first-order valence-electron chi connectivity index (χ1n) is 6.74. The van der Waals surface area contributed by atoms with E-state index >= 15 is 0 Å². The van der Waals surface area contributed by atoms with Crippen LogP contribution < -0.4 is 4.74 Å². The lowest BCUT2D eigenvalue weighted by Gasteiger charge is -2.13. The van der Waals surface area contributed by atoms with Crippen LogP contribution in [0.25, 0.3) is 0 Å². The Hall–Kier alpha value is -1.65. The number of aryl methyl sites for hydroxylation is 2. The van der Waals surface area contributed by atoms with E-state index in [0.29, 0.717) is 11.6 Å². The van der Waals surface area contributed by atoms with Crippen molar-refractivity contribution in [2.75, 3.05) is 7.11 Å². The van der Waals surface area contributed by atoms with Crippen molar-refractivity contribution in [1.29, 1.82) is 0 Å². The van der Waals surface area contributed by atoms with Gasteiger partial charge in [-0.2, -0.15) is 0 Å². The Morgan fingerprint density at radius 2 is 2.00 bits per heavy atom. The van der Waals surface area contributed by atoms with Crippen LogP contribution in [0, 0.1) is 13.8 Å². The Labute approximate surface area is 139 Å². The smallest absolute Gasteiger partial charge is 0.371 e. The van der Waals surface area contributed by atoms with Crippen molar-refractivity contribution in [2.24, 2.45) is 0 Å². The van der Waals surface area contributed by atoms with E-state index in [0.717, 1.165) is 33.5 Å². The molecule has 0 heterocycles. The fourth-order valence-electron chi connectivity index (χ4n) is 2.02. The highest BCUT2D eigenvalue weighted by Crippen LogP contribution is 2.31. The highest BCUT2D eigenvalue weighted by molar-refractivity contribution is 8.13. The van der Waals surface area contributed by atoms with Gasteiger partial charge in [0.1, 0.15) is 12.4 Å². The van der Waals surface area contributed by atoms with Crippen molar-refractivity contribution in [1.82, 2.24) is 0 Å². The summed E-state index contributed by atoms with van der Waals surface area (Å²) < 4.78 is 10.5. The summed E-state index contributed by atoms with van der Waals surface area (Å²) >= 11 is 7.24. The lowest BCUT2D eigenvalue weighted by molar-refractivity contribution is 0.200. The summed E-state index contributed by atoms with van der Waals surface area (Å²) in [6.07, 6.45) is 0. The van der Waals surface area contributed by atoms with Crippen molar-refractivity contribution in [2.45, 2.75) is 25.3 Å². The molecule has 116 valence electrons. The maximum Gasteiger partial charge on any atom is 0.371 e. The molecule has 0 amide bonds. The molecule has 0 aliphatic heterocycles. The van der Waals surface area contributed by atoms with Crippen LogP contribution in [0.4, 0.5) is 4.79 Å². The number of halogens is 1. The molecule has 0 fully saturated rings. The predicted octanol–water partition coefficient (Wildman–Crippen LogP) is 5.39. The number of hydrogen-bond donors (Lipinski definition) is 0. The normalized spacial score (nSPS) is 10.4. The highest BCUT2D eigenvalue weighted by atomic mass is 35.5. The van der Waals surface area contributed by atoms with E-state index in [1.54, 1.807) is 12.1 Å². The number of ether oxygens (including phenoxy) is 2. The Morgan fingerprint density at radius 1 is 1.23 bits per heavy atom. The van der Waals surface area contributed by atoms with Crippen molar-refractivity contribution >= 4 is 28.7 Å². The molecule has 2 rings (SSSR count). The van der Waals surface area contributed by atoms with Crippen molar-refractivity contribution < 1.29 is 14.3 Å². The number of hydrogen-bond acceptors (Lipinski definition) is 4. The Bertz CT molecular complexity index is 686. The summed E-state index contributed by atoms with van der Waals surface area (Å²) in [5.41, 5.74) is 3.03. The topological polar surface area (TPSA) is 35.5 Å². The maximum absolute atomic E-state index is 11.5. The second-order valence-corrected chi connectivity index (χ2v) is 6.21. The molecule has 0 unspecified atom stereocenters. The van der Waals surface area contributed by atoms with E-state index in [-0.39, 0.29) is 5.30 Å². The second kappa shape index (κ2) is 7.56. The number of rotatable bonds is 4. The molecule has 0 saturated carbocycles. The molecular formula is C17H17ClO3S. The molecular weight excluding hydrogens is 320 g/mol. The minimum absolute atomic E-state index is 0.295. The number of carbonyl (C=O) groups excluding carboxylic acids is 1. The molecule has 0 radical (unpaired) electrons. The number of methoxy groups -OCH3 is 1. The first-order valence-corrected chi connectivity index (χ1v) is 7.94. The van der Waals surface area contributed by atoms with Crippen LogP contribution in [0.5, 0.6) is 5.75 Å². The van der Waals surface area contributed by atoms with Crippen LogP contribution in [-0.2, 0) is 11.3 Å². The molecule has 0 atom stereocenters. The van der Waals surface area contributed by atoms with Gasteiger partial charge in [0.25, 0.3) is 0 Å². The van der Waals surface area contributed by atoms with Gasteiger partial charge in [0, 0.05) is 15.5 Å². The van der Waals surface area contributed by atoms with Crippen molar-refractivity contribution in [3.05, 3.63) is 58.1 Å². The van der Waals surface area contributed by atoms with E-state index in [9.17, 15) is 4.79 Å². The molecule has 0 aromatic heterocycles. The monoisotopic (exact) mass is 336 g/mol. The third-order valence-electron chi connectivity index (χ3n) is 3.14. The lowest BCUT2D eigenvalue weighted by Crippen LogP contribution is -2.01. The van der Waals surface area contributed by atoms with Gasteiger partial charge in [-0.15, -0.1) is 0 Å². The van der Waals surface area contributed by atoms with Crippen molar-refractivity contribution in [3.63, 3.8) is 0 Å². The van der Waals surface area contributed by atoms with E-state index in [1.165, 1.54) is 12.7 Å². The van der Waals surface area contributed by atoms with Gasteiger partial charge < -0.3 is 9.47 Å². The fraction of sp³-hybridized carbons (Fsp3) is 0.235. The molecule has 0 aliphatic carbocycles. The molecule has 5 heteroatoms. The van der Waals surface area contributed by atoms with Crippen LogP contribution in [0.15, 0.2) is 41.3 Å². The Balaban J connectivity index is 2.19. The Morgan fingerprint density at radius 3 is 2.68 bits per heavy atom. The third-order valence-corrected chi connectivity index (χ3v) is 4.43. The molecule has 2 aromatic rings. The largest absolute Gasteiger partial charge is 0.489 e. The average molecular weight is 337 g/mol. The second-order valence-electron chi connectivity index (χ2n) is 4.83. The van der Waals surface area contributed by atoms with Gasteiger partial charge in [0.2, 0.25) is 0 Å². The summed E-state index contributed by atoms with van der Waals surface area (Å²) in [4.78, 5) is 12.2. The summed E-state index contributed by atoms with van der Waals surface area (Å²) in [7, 11) is 1.35. The van der Waals surface area contributed by atoms with Crippen LogP contribution in [-0.4, -0.2) is 12.4 Å². The zero-order valence-electron chi connectivity index (χ0n) is 12.7. The molecule has 3 nitrogen and oxygen atoms in total. The van der Waals surface area contributed by atoms with Crippen LogP contribution in [0.1, 0.15) is 16.7 Å². The summed E-state index contributed by atoms with van der Waals surface area (Å²) in [5.74, 6) is 0.805. The zero-order chi connectivity index (χ0) is 16.1. The van der Waals surface area contributed by atoms with Crippen LogP contribution >= 0.6 is 23.4 Å². The lowest BCUT2D eigenvalue weighted by atomic mass is 10.1. The third kappa shape index (κ3) is 4.18. The Kier molecular flexibility index (Phi) is 5.75. The SMILES string of the molecule is COC(=O)Sc1cccc(Cl)c1COc1ccc(C)cc1C. The minimum Gasteiger partial charge on any atom is -0.489 e. The quantitative estimate of drug-likeness (QED) is 0.553. The van der Waals surface area contributed by atoms with Crippen LogP contribution in [0.2, 0.25) is 5.02 Å². The van der Waals surface area contributed by atoms with Crippen LogP contribution in [0.3, 0.4) is 0 Å². The summed E-state index contributed by atoms with van der Waals surface area (Å²) in [6, 6.07) is 11.4. The first kappa shape index (κ1) is 16.7. The molecule has 2 aromatic carbocycles. The van der Waals surface area contributed by atoms with E-state index in [4.69, 9.17) is 16.3 Å². The molecule has 22 heavy (non-hydrogen) atoms. The molecule has 0 saturated heterocycles. The van der Waals surface area contributed by atoms with Gasteiger partial charge in [-0.1, -0.05) is 35.4 Å². The van der Waals surface area contributed by atoms with Crippen molar-refractivity contribution in [3.8, 4) is 5.75 Å². The van der Waals surface area contributed by atoms with Gasteiger partial charge in [0.05, 0.1) is 7.11 Å². The number of carbonyl (C=O) groups is 1. The van der Waals surface area contributed by atoms with E-state index in [1.807, 2.05) is 32.0 Å². The average Bonchev–Trinajstić information content (AvgIpc) is 2.48. The zero-order valence-corrected chi connectivity index (χ0v) is 14.3. The predicted molar refractivity (Wildman–Crippen MR) is 90.0 cm³/mol. The maximum atomic E-state index is 11.5. The van der Waals surface area contributed by atoms with Gasteiger partial charge >= 0.3 is 5.30 Å². The molecule has 0 aliphatic rings. The number of thioether (sulfide) groups is 1. The first-order chi connectivity index (χ1) is 10.5. The van der Waals surface area contributed by atoms with Gasteiger partial charge in [0.15, 0.2) is 0 Å². The molecule has 0 spiro atoms. The molecule has 0 bridgehead atoms. The van der Waals surface area contributed by atoms with Gasteiger partial charge in [-0.25, -0.2) is 4.79 Å². The number of benzene rings is 2. The molecule has 0 N–H and O–H groups in total. The summed E-state index contributed by atoms with van der Waals surface area (Å²) in [5, 5.41) is 0.189. The standard InChI is InChI=1S/C17H17ClO3S/c1-11-7-8-15(12(2)9-11)21-10-13-14(18)5-4-6-16(13)22-17(19)20-3/h4-9H,10H2,1-3H3. The van der Waals surface area contributed by atoms with E-state index in [2.05, 4.69) is 10.8 Å². The highest BCUT2D eigenvalue weighted by Gasteiger charge is 2.13. The fourth-order valence-corrected chi connectivity index (χ4v) is 3.00. The summed E-state index contributed by atoms with van der Waals surface area (Å²) in [6.45, 7) is 4.33. The van der Waals surface area contributed by atoms with E-state index < -0.39 is 0 Å². The minimum atomic E-state index is -0.380.